The van der Waals surface area contributed by atoms with Gasteiger partial charge in [-0.3, -0.25) is 10.2 Å². The van der Waals surface area contributed by atoms with Crippen molar-refractivity contribution in [2.45, 2.75) is 31.0 Å². The topological polar surface area (TPSA) is 150 Å². The standard InChI is InChI=1S/C38H36N6O5/c1-47-32-14-7-12-28(23-32)35-38(24-29-10-3-5-16-34(29)42-44-39,41-36(49-35)27-17-19-31(20-18-27)48-22-8-21-45)37(46)43-40-25-30-13-6-11-26-9-2-4-15-33(26)30/h2-7,9-20,23,35,40,45H,8,21-22,24-25H2,1H3,(H,43,46)/t35-,38-/m0/s1. The number of carbonyl (C=O) groups excluding carboxylic acids is 1. The van der Waals surface area contributed by atoms with E-state index in [1.54, 1.807) is 31.4 Å². The molecule has 0 fully saturated rings. The minimum Gasteiger partial charge on any atom is -0.497 e. The van der Waals surface area contributed by atoms with Gasteiger partial charge in [0.15, 0.2) is 11.6 Å². The van der Waals surface area contributed by atoms with E-state index in [0.29, 0.717) is 53.4 Å². The van der Waals surface area contributed by atoms with Gasteiger partial charge in [0.05, 0.1) is 13.7 Å². The molecule has 1 aliphatic rings. The van der Waals surface area contributed by atoms with Crippen LogP contribution in [0.3, 0.4) is 0 Å². The number of azide groups is 1. The Morgan fingerprint density at radius 2 is 1.71 bits per heavy atom. The third kappa shape index (κ3) is 7.34. The lowest BCUT2D eigenvalue weighted by molar-refractivity contribution is -0.130. The molecule has 0 aliphatic carbocycles. The maximum absolute atomic E-state index is 14.7. The highest BCUT2D eigenvalue weighted by Gasteiger charge is 2.53. The fourth-order valence-electron chi connectivity index (χ4n) is 5.96. The molecule has 0 bridgehead atoms. The zero-order valence-electron chi connectivity index (χ0n) is 27.0. The van der Waals surface area contributed by atoms with Crippen molar-refractivity contribution in [1.29, 1.82) is 0 Å². The number of hydrazine groups is 1. The molecule has 1 aliphatic heterocycles. The number of carbonyl (C=O) groups is 1. The van der Waals surface area contributed by atoms with E-state index in [2.05, 4.69) is 20.9 Å². The molecule has 3 N–H and O–H groups in total. The van der Waals surface area contributed by atoms with Crippen LogP contribution in [-0.2, 0) is 22.5 Å². The van der Waals surface area contributed by atoms with Crippen molar-refractivity contribution in [3.63, 3.8) is 0 Å². The first-order valence-electron chi connectivity index (χ1n) is 15.9. The summed E-state index contributed by atoms with van der Waals surface area (Å²) in [6.45, 7) is 0.778. The predicted molar refractivity (Wildman–Crippen MR) is 188 cm³/mol. The molecule has 0 saturated carbocycles. The lowest BCUT2D eigenvalue weighted by Crippen LogP contribution is -2.53. The largest absolute Gasteiger partial charge is 0.497 e. The van der Waals surface area contributed by atoms with Crippen molar-refractivity contribution >= 4 is 28.3 Å². The Hall–Kier alpha value is -5.87. The van der Waals surface area contributed by atoms with Crippen LogP contribution in [0.1, 0.15) is 34.8 Å². The molecule has 1 amide bonds. The fourth-order valence-corrected chi connectivity index (χ4v) is 5.96. The van der Waals surface area contributed by atoms with Crippen molar-refractivity contribution in [1.82, 2.24) is 10.9 Å². The summed E-state index contributed by atoms with van der Waals surface area (Å²) in [7, 11) is 1.58. The summed E-state index contributed by atoms with van der Waals surface area (Å²) in [5.74, 6) is 1.05. The highest BCUT2D eigenvalue weighted by molar-refractivity contribution is 6.01. The summed E-state index contributed by atoms with van der Waals surface area (Å²) in [5, 5.41) is 15.2. The maximum Gasteiger partial charge on any atom is 0.266 e. The number of aliphatic hydroxyl groups is 1. The smallest absolute Gasteiger partial charge is 0.266 e. The summed E-state index contributed by atoms with van der Waals surface area (Å²) < 4.78 is 17.9. The fraction of sp³-hybridized carbons (Fsp3) is 0.211. The van der Waals surface area contributed by atoms with Gasteiger partial charge < -0.3 is 19.3 Å². The Bertz CT molecular complexity index is 2000. The normalized spacial score (nSPS) is 16.7. The van der Waals surface area contributed by atoms with Crippen molar-refractivity contribution in [3.05, 3.63) is 148 Å². The van der Waals surface area contributed by atoms with Gasteiger partial charge in [-0.1, -0.05) is 84.0 Å². The van der Waals surface area contributed by atoms with E-state index in [1.807, 2.05) is 91.0 Å². The number of benzene rings is 5. The number of fused-ring (bicyclic) bond motifs is 1. The number of aliphatic imine (C=N–C) groups is 1. The summed E-state index contributed by atoms with van der Waals surface area (Å²) in [6, 6.07) is 35.8. The number of methoxy groups -OCH3 is 1. The van der Waals surface area contributed by atoms with Gasteiger partial charge in [0.25, 0.3) is 5.91 Å². The number of hydrogen-bond donors (Lipinski definition) is 3. The first-order chi connectivity index (χ1) is 24.0. The van der Waals surface area contributed by atoms with Gasteiger partial charge in [0.2, 0.25) is 5.90 Å². The first kappa shape index (κ1) is 33.0. The van der Waals surface area contributed by atoms with E-state index in [0.717, 1.165) is 16.3 Å². The third-order valence-corrected chi connectivity index (χ3v) is 8.39. The van der Waals surface area contributed by atoms with E-state index in [4.69, 9.17) is 24.3 Å². The van der Waals surface area contributed by atoms with Crippen LogP contribution in [0.2, 0.25) is 0 Å². The molecular formula is C38H36N6O5. The van der Waals surface area contributed by atoms with Crippen LogP contribution < -0.4 is 20.3 Å². The van der Waals surface area contributed by atoms with Gasteiger partial charge in [-0.05, 0) is 69.4 Å². The maximum atomic E-state index is 14.7. The minimum atomic E-state index is -1.55. The molecule has 6 rings (SSSR count). The number of nitrogens with zero attached hydrogens (tertiary/aromatic N) is 4. The highest BCUT2D eigenvalue weighted by Crippen LogP contribution is 2.44. The molecule has 248 valence electrons. The van der Waals surface area contributed by atoms with Crippen LogP contribution in [0, 0.1) is 0 Å². The second-order valence-electron chi connectivity index (χ2n) is 11.5. The van der Waals surface area contributed by atoms with E-state index >= 15 is 0 Å². The molecule has 1 heterocycles. The van der Waals surface area contributed by atoms with Gasteiger partial charge in [-0.2, -0.15) is 0 Å². The number of nitrogens with one attached hydrogen (secondary N) is 2. The molecule has 11 heteroatoms. The molecule has 49 heavy (non-hydrogen) atoms. The molecule has 0 spiro atoms. The van der Waals surface area contributed by atoms with Gasteiger partial charge in [-0.15, -0.1) is 0 Å². The van der Waals surface area contributed by atoms with Gasteiger partial charge in [0, 0.05) is 42.2 Å². The summed E-state index contributed by atoms with van der Waals surface area (Å²) in [4.78, 5) is 22.8. The zero-order chi connectivity index (χ0) is 34.1. The van der Waals surface area contributed by atoms with Crippen LogP contribution in [0.5, 0.6) is 11.5 Å². The third-order valence-electron chi connectivity index (χ3n) is 8.39. The lowest BCUT2D eigenvalue weighted by Gasteiger charge is -2.31. The van der Waals surface area contributed by atoms with Crippen molar-refractivity contribution in [3.8, 4) is 11.5 Å². The predicted octanol–water partition coefficient (Wildman–Crippen LogP) is 6.87. The number of hydrogen-bond acceptors (Lipinski definition) is 8. The van der Waals surface area contributed by atoms with Crippen LogP contribution in [0.4, 0.5) is 5.69 Å². The summed E-state index contributed by atoms with van der Waals surface area (Å²) in [6.07, 6.45) is -0.322. The Kier molecular flexibility index (Phi) is 10.4. The van der Waals surface area contributed by atoms with Crippen LogP contribution in [-0.4, -0.2) is 42.8 Å². The van der Waals surface area contributed by atoms with E-state index in [1.165, 1.54) is 0 Å². The Morgan fingerprint density at radius 1 is 0.959 bits per heavy atom. The second-order valence-corrected chi connectivity index (χ2v) is 11.5. The van der Waals surface area contributed by atoms with E-state index in [9.17, 15) is 10.3 Å². The SMILES string of the molecule is COc1cccc([C@@H]2OC(c3ccc(OCCCO)cc3)=N[C@]2(Cc2ccccc2N=[N+]=[N-])C(=O)NNCc2cccc3ccccc23)c1. The zero-order valence-corrected chi connectivity index (χ0v) is 27.0. The second kappa shape index (κ2) is 15.4. The molecule has 5 aromatic carbocycles. The molecule has 0 aromatic heterocycles. The minimum absolute atomic E-state index is 0.0398. The molecule has 5 aromatic rings. The average Bonchev–Trinajstić information content (AvgIpc) is 3.53. The number of ether oxygens (including phenoxy) is 3. The van der Waals surface area contributed by atoms with Crippen LogP contribution >= 0.6 is 0 Å². The average molecular weight is 657 g/mol. The van der Waals surface area contributed by atoms with Crippen LogP contribution in [0.15, 0.2) is 125 Å². The van der Waals surface area contributed by atoms with E-state index < -0.39 is 17.6 Å². The van der Waals surface area contributed by atoms with Crippen LogP contribution in [0.25, 0.3) is 21.2 Å². The Labute approximate surface area is 283 Å². The number of aliphatic hydroxyl groups excluding tert-OH is 1. The summed E-state index contributed by atoms with van der Waals surface area (Å²) >= 11 is 0. The molecule has 0 unspecified atom stereocenters. The molecule has 0 saturated heterocycles. The van der Waals surface area contributed by atoms with Crippen molar-refractivity contribution in [2.75, 3.05) is 20.3 Å². The summed E-state index contributed by atoms with van der Waals surface area (Å²) in [5.41, 5.74) is 17.2. The monoisotopic (exact) mass is 656 g/mol. The van der Waals surface area contributed by atoms with Crippen molar-refractivity contribution < 1.29 is 24.1 Å². The highest BCUT2D eigenvalue weighted by atomic mass is 16.5. The van der Waals surface area contributed by atoms with Gasteiger partial charge >= 0.3 is 0 Å². The lowest BCUT2D eigenvalue weighted by atomic mass is 9.81. The van der Waals surface area contributed by atoms with Gasteiger partial charge in [-0.25, -0.2) is 10.4 Å². The molecule has 11 nitrogen and oxygen atoms in total. The quantitative estimate of drug-likeness (QED) is 0.0390. The van der Waals surface area contributed by atoms with Gasteiger partial charge in [0.1, 0.15) is 11.5 Å². The number of rotatable bonds is 14. The molecule has 2 atom stereocenters. The molecule has 0 radical (unpaired) electrons. The molecular weight excluding hydrogens is 620 g/mol. The first-order valence-corrected chi connectivity index (χ1v) is 15.9. The van der Waals surface area contributed by atoms with E-state index in [-0.39, 0.29) is 18.9 Å². The Morgan fingerprint density at radius 3 is 2.53 bits per heavy atom. The Balaban J connectivity index is 1.40. The number of amides is 1. The van der Waals surface area contributed by atoms with Crippen molar-refractivity contribution in [2.24, 2.45) is 10.1 Å².